The van der Waals surface area contributed by atoms with Crippen LogP contribution in [0.3, 0.4) is 0 Å². The quantitative estimate of drug-likeness (QED) is 0.458. The first-order valence-corrected chi connectivity index (χ1v) is 11.2. The average molecular weight is 455 g/mol. The minimum Gasteiger partial charge on any atom is -0.437 e. The Morgan fingerprint density at radius 1 is 1.12 bits per heavy atom. The van der Waals surface area contributed by atoms with E-state index in [1.165, 1.54) is 0 Å². The van der Waals surface area contributed by atoms with Crippen molar-refractivity contribution in [1.82, 2.24) is 20.0 Å². The summed E-state index contributed by atoms with van der Waals surface area (Å²) in [6.45, 7) is 8.94. The van der Waals surface area contributed by atoms with E-state index < -0.39 is 0 Å². The van der Waals surface area contributed by atoms with Crippen LogP contribution in [0.1, 0.15) is 39.7 Å². The van der Waals surface area contributed by atoms with E-state index in [2.05, 4.69) is 12.2 Å². The number of benzene rings is 2. The first-order valence-electron chi connectivity index (χ1n) is 10.8. The summed E-state index contributed by atoms with van der Waals surface area (Å²) in [6.07, 6.45) is 0.833. The molecule has 2 amide bonds. The van der Waals surface area contributed by atoms with Crippen LogP contribution in [0.4, 0.5) is 4.79 Å². The van der Waals surface area contributed by atoms with Gasteiger partial charge in [0.2, 0.25) is 5.88 Å². The van der Waals surface area contributed by atoms with Crippen molar-refractivity contribution >= 4 is 17.6 Å². The number of urea groups is 1. The second-order valence-electron chi connectivity index (χ2n) is 8.76. The van der Waals surface area contributed by atoms with Gasteiger partial charge < -0.3 is 15.0 Å². The maximum Gasteiger partial charge on any atom is 0.318 e. The number of carbonyl (C=O) groups excluding carboxylic acids is 1. The third kappa shape index (κ3) is 5.82. The Morgan fingerprint density at radius 2 is 1.78 bits per heavy atom. The standard InChI is InChI=1S/C25H31ClN4O2/c1-6-16-30(24(31)27-25(2,3)4)17-19-22(18-12-8-7-9-13-18)28-29(5)23(19)32-21-15-11-10-14-20(21)26/h7-15H,6,16-17H2,1-5H3,(H,27,31). The van der Waals surface area contributed by atoms with Crippen molar-refractivity contribution in [3.8, 4) is 22.9 Å². The number of carbonyl (C=O) groups is 1. The topological polar surface area (TPSA) is 59.4 Å². The number of para-hydroxylation sites is 1. The molecule has 0 saturated carbocycles. The molecule has 0 atom stereocenters. The first kappa shape index (κ1) is 23.7. The Morgan fingerprint density at radius 3 is 2.41 bits per heavy atom. The summed E-state index contributed by atoms with van der Waals surface area (Å²) >= 11 is 6.35. The molecule has 7 heteroatoms. The van der Waals surface area contributed by atoms with Gasteiger partial charge in [-0.15, -0.1) is 0 Å². The molecule has 0 aliphatic heterocycles. The van der Waals surface area contributed by atoms with Crippen LogP contribution >= 0.6 is 11.6 Å². The summed E-state index contributed by atoms with van der Waals surface area (Å²) in [5, 5.41) is 8.32. The van der Waals surface area contributed by atoms with Gasteiger partial charge in [-0.3, -0.25) is 0 Å². The smallest absolute Gasteiger partial charge is 0.318 e. The number of rotatable bonds is 7. The van der Waals surface area contributed by atoms with Crippen LogP contribution in [0.2, 0.25) is 5.02 Å². The Bertz CT molecular complexity index is 1060. The van der Waals surface area contributed by atoms with Crippen molar-refractivity contribution in [2.24, 2.45) is 7.05 Å². The van der Waals surface area contributed by atoms with Gasteiger partial charge in [0.1, 0.15) is 11.4 Å². The molecule has 170 valence electrons. The van der Waals surface area contributed by atoms with E-state index in [0.717, 1.165) is 23.2 Å². The zero-order valence-corrected chi connectivity index (χ0v) is 20.1. The molecule has 1 aromatic heterocycles. The maximum atomic E-state index is 13.1. The number of aromatic nitrogens is 2. The summed E-state index contributed by atoms with van der Waals surface area (Å²) < 4.78 is 7.94. The average Bonchev–Trinajstić information content (AvgIpc) is 3.04. The molecule has 0 spiro atoms. The van der Waals surface area contributed by atoms with Gasteiger partial charge in [-0.1, -0.05) is 61.0 Å². The minimum absolute atomic E-state index is 0.120. The second-order valence-corrected chi connectivity index (χ2v) is 9.16. The van der Waals surface area contributed by atoms with E-state index in [1.807, 2.05) is 76.3 Å². The molecule has 2 aromatic carbocycles. The number of nitrogens with one attached hydrogen (secondary N) is 1. The zero-order chi connectivity index (χ0) is 23.3. The predicted octanol–water partition coefficient (Wildman–Crippen LogP) is 6.25. The van der Waals surface area contributed by atoms with Crippen molar-refractivity contribution in [3.63, 3.8) is 0 Å². The molecule has 1 heterocycles. The largest absolute Gasteiger partial charge is 0.437 e. The summed E-state index contributed by atoms with van der Waals surface area (Å²) in [5.74, 6) is 1.10. The van der Waals surface area contributed by atoms with Crippen molar-refractivity contribution in [3.05, 3.63) is 65.2 Å². The number of aryl methyl sites for hydroxylation is 1. The lowest BCUT2D eigenvalue weighted by atomic mass is 10.1. The van der Waals surface area contributed by atoms with Gasteiger partial charge in [-0.25, -0.2) is 9.48 Å². The van der Waals surface area contributed by atoms with Crippen LogP contribution in [-0.2, 0) is 13.6 Å². The van der Waals surface area contributed by atoms with Gasteiger partial charge in [0.05, 0.1) is 17.1 Å². The van der Waals surface area contributed by atoms with Crippen LogP contribution in [0, 0.1) is 0 Å². The Hall–Kier alpha value is -2.99. The van der Waals surface area contributed by atoms with Crippen molar-refractivity contribution in [1.29, 1.82) is 0 Å². The molecule has 0 bridgehead atoms. The number of ether oxygens (including phenoxy) is 1. The molecule has 0 unspecified atom stereocenters. The highest BCUT2D eigenvalue weighted by molar-refractivity contribution is 6.32. The predicted molar refractivity (Wildman–Crippen MR) is 129 cm³/mol. The summed E-state index contributed by atoms with van der Waals surface area (Å²) in [4.78, 5) is 14.9. The maximum absolute atomic E-state index is 13.1. The molecule has 32 heavy (non-hydrogen) atoms. The van der Waals surface area contributed by atoms with E-state index in [0.29, 0.717) is 29.7 Å². The molecule has 6 nitrogen and oxygen atoms in total. The monoisotopic (exact) mass is 454 g/mol. The van der Waals surface area contributed by atoms with E-state index in [9.17, 15) is 4.79 Å². The molecule has 0 aliphatic rings. The molecular formula is C25H31ClN4O2. The molecule has 3 rings (SSSR count). The highest BCUT2D eigenvalue weighted by Crippen LogP contribution is 2.36. The van der Waals surface area contributed by atoms with E-state index >= 15 is 0 Å². The van der Waals surface area contributed by atoms with E-state index in [-0.39, 0.29) is 11.6 Å². The second kappa shape index (κ2) is 10.1. The fraction of sp³-hybridized carbons (Fsp3) is 0.360. The van der Waals surface area contributed by atoms with Crippen LogP contribution < -0.4 is 10.1 Å². The fourth-order valence-corrected chi connectivity index (χ4v) is 3.57. The van der Waals surface area contributed by atoms with Crippen molar-refractivity contribution in [2.75, 3.05) is 6.54 Å². The highest BCUT2D eigenvalue weighted by Gasteiger charge is 2.26. The molecule has 0 radical (unpaired) electrons. The Kier molecular flexibility index (Phi) is 7.46. The zero-order valence-electron chi connectivity index (χ0n) is 19.4. The fourth-order valence-electron chi connectivity index (χ4n) is 3.40. The van der Waals surface area contributed by atoms with Gasteiger partial charge in [-0.2, -0.15) is 5.10 Å². The molecule has 0 aliphatic carbocycles. The van der Waals surface area contributed by atoms with Crippen LogP contribution in [0.15, 0.2) is 54.6 Å². The third-order valence-corrected chi connectivity index (χ3v) is 5.10. The van der Waals surface area contributed by atoms with Crippen LogP contribution in [0.5, 0.6) is 11.6 Å². The van der Waals surface area contributed by atoms with Gasteiger partial charge in [-0.05, 0) is 39.3 Å². The summed E-state index contributed by atoms with van der Waals surface area (Å²) in [7, 11) is 1.83. The normalized spacial score (nSPS) is 11.3. The minimum atomic E-state index is -0.336. The molecule has 1 N–H and O–H groups in total. The lowest BCUT2D eigenvalue weighted by Gasteiger charge is -2.28. The number of halogens is 1. The molecule has 3 aromatic rings. The highest BCUT2D eigenvalue weighted by atomic mass is 35.5. The lowest BCUT2D eigenvalue weighted by Crippen LogP contribution is -2.48. The van der Waals surface area contributed by atoms with E-state index in [1.54, 1.807) is 15.6 Å². The lowest BCUT2D eigenvalue weighted by molar-refractivity contribution is 0.185. The summed E-state index contributed by atoms with van der Waals surface area (Å²) in [5.41, 5.74) is 2.23. The van der Waals surface area contributed by atoms with Crippen LogP contribution in [0.25, 0.3) is 11.3 Å². The van der Waals surface area contributed by atoms with Crippen molar-refractivity contribution < 1.29 is 9.53 Å². The molecule has 0 saturated heterocycles. The Labute approximate surface area is 195 Å². The van der Waals surface area contributed by atoms with Gasteiger partial charge in [0, 0.05) is 24.7 Å². The van der Waals surface area contributed by atoms with Crippen molar-refractivity contribution in [2.45, 2.75) is 46.2 Å². The van der Waals surface area contributed by atoms with Gasteiger partial charge in [0.25, 0.3) is 0 Å². The number of amides is 2. The first-order chi connectivity index (χ1) is 15.2. The Balaban J connectivity index is 2.06. The number of hydrogen-bond acceptors (Lipinski definition) is 3. The SMILES string of the molecule is CCCN(Cc1c(-c2ccccc2)nn(C)c1Oc1ccccc1Cl)C(=O)NC(C)(C)C. The number of hydrogen-bond donors (Lipinski definition) is 1. The van der Waals surface area contributed by atoms with Gasteiger partial charge in [0.15, 0.2) is 0 Å². The van der Waals surface area contributed by atoms with Gasteiger partial charge >= 0.3 is 6.03 Å². The van der Waals surface area contributed by atoms with Crippen LogP contribution in [-0.4, -0.2) is 32.8 Å². The number of nitrogens with zero attached hydrogens (tertiary/aromatic N) is 3. The third-order valence-electron chi connectivity index (χ3n) is 4.79. The van der Waals surface area contributed by atoms with E-state index in [4.69, 9.17) is 21.4 Å². The summed E-state index contributed by atoms with van der Waals surface area (Å²) in [6, 6.07) is 17.1. The molecule has 0 fully saturated rings. The molecular weight excluding hydrogens is 424 g/mol.